The third-order valence-electron chi connectivity index (χ3n) is 5.27. The lowest BCUT2D eigenvalue weighted by atomic mass is 9.84. The number of aryl methyl sites for hydroxylation is 1. The highest BCUT2D eigenvalue weighted by Gasteiger charge is 2.87. The van der Waals surface area contributed by atoms with E-state index in [-0.39, 0.29) is 10.1 Å². The van der Waals surface area contributed by atoms with Crippen LogP contribution in [0.15, 0.2) is 34.3 Å². The molecule has 3 aliphatic rings. The fourth-order valence-corrected chi connectivity index (χ4v) is 6.98. The van der Waals surface area contributed by atoms with E-state index in [0.29, 0.717) is 5.69 Å². The second kappa shape index (κ2) is 5.21. The minimum absolute atomic E-state index is 0.0927. The maximum absolute atomic E-state index is 13.1. The molecule has 2 bridgehead atoms. The molecule has 0 radical (unpaired) electrons. The minimum atomic E-state index is -1.91. The zero-order valence-electron chi connectivity index (χ0n) is 12.5. The number of imide groups is 1. The van der Waals surface area contributed by atoms with Crippen LogP contribution in [-0.4, -0.2) is 25.9 Å². The summed E-state index contributed by atoms with van der Waals surface area (Å²) in [5.74, 6) is -3.31. The standard InChI is InChI=1S/C16H9Cl6NO2/c1-6-4-2-3-5-7(6)23-12(24)8-9(13(23)25)15(20)11(18)10(17)14(8,19)16(15,21)22/h2-5,8-9H,1H3/t8-,9+,14-,15-/m1/s1. The highest BCUT2D eigenvalue weighted by atomic mass is 35.5. The van der Waals surface area contributed by atoms with E-state index >= 15 is 0 Å². The lowest BCUT2D eigenvalue weighted by molar-refractivity contribution is -0.123. The molecule has 0 N–H and O–H groups in total. The molecule has 1 saturated carbocycles. The lowest BCUT2D eigenvalue weighted by Crippen LogP contribution is -2.50. The Morgan fingerprint density at radius 3 is 1.76 bits per heavy atom. The molecule has 1 aromatic carbocycles. The van der Waals surface area contributed by atoms with Gasteiger partial charge in [0.1, 0.15) is 9.75 Å². The molecule has 1 heterocycles. The first-order valence-corrected chi connectivity index (χ1v) is 9.55. The van der Waals surface area contributed by atoms with Gasteiger partial charge in [0.25, 0.3) is 0 Å². The number of halogens is 6. The highest BCUT2D eigenvalue weighted by Crippen LogP contribution is 2.77. The smallest absolute Gasteiger partial charge is 0.240 e. The predicted molar refractivity (Wildman–Crippen MR) is 101 cm³/mol. The van der Waals surface area contributed by atoms with E-state index in [9.17, 15) is 9.59 Å². The molecule has 1 aliphatic heterocycles. The Kier molecular flexibility index (Phi) is 3.80. The van der Waals surface area contributed by atoms with Gasteiger partial charge in [0.15, 0.2) is 4.33 Å². The van der Waals surface area contributed by atoms with E-state index in [4.69, 9.17) is 69.6 Å². The number of benzene rings is 1. The molecule has 1 saturated heterocycles. The summed E-state index contributed by atoms with van der Waals surface area (Å²) in [6.07, 6.45) is 0. The molecule has 4 rings (SSSR count). The number of carbonyl (C=O) groups excluding carboxylic acids is 2. The second-order valence-corrected chi connectivity index (χ2v) is 9.66. The van der Waals surface area contributed by atoms with Crippen molar-refractivity contribution in [2.75, 3.05) is 4.90 Å². The zero-order valence-corrected chi connectivity index (χ0v) is 17.0. The van der Waals surface area contributed by atoms with Gasteiger partial charge in [-0.25, -0.2) is 4.90 Å². The van der Waals surface area contributed by atoms with Crippen LogP contribution in [0, 0.1) is 18.8 Å². The molecule has 9 heteroatoms. The Bertz CT molecular complexity index is 837. The van der Waals surface area contributed by atoms with Gasteiger partial charge < -0.3 is 0 Å². The van der Waals surface area contributed by atoms with Crippen LogP contribution in [0.5, 0.6) is 0 Å². The molecular formula is C16H9Cl6NO2. The summed E-state index contributed by atoms with van der Waals surface area (Å²) >= 11 is 38.7. The van der Waals surface area contributed by atoms with Crippen LogP contribution in [0.3, 0.4) is 0 Å². The van der Waals surface area contributed by atoms with E-state index in [1.54, 1.807) is 31.2 Å². The first-order valence-electron chi connectivity index (χ1n) is 7.28. The predicted octanol–water partition coefficient (Wildman–Crippen LogP) is 4.95. The van der Waals surface area contributed by atoms with Gasteiger partial charge in [0.05, 0.1) is 27.6 Å². The van der Waals surface area contributed by atoms with Gasteiger partial charge in [-0.15, -0.1) is 23.2 Å². The van der Waals surface area contributed by atoms with Crippen LogP contribution >= 0.6 is 69.6 Å². The van der Waals surface area contributed by atoms with Crippen molar-refractivity contribution in [3.05, 3.63) is 39.9 Å². The average molecular weight is 460 g/mol. The Labute approximate surface area is 173 Å². The Morgan fingerprint density at radius 1 is 0.880 bits per heavy atom. The molecule has 132 valence electrons. The molecular weight excluding hydrogens is 451 g/mol. The summed E-state index contributed by atoms with van der Waals surface area (Å²) in [6, 6.07) is 6.99. The number of carbonyl (C=O) groups is 2. The van der Waals surface area contributed by atoms with Crippen LogP contribution < -0.4 is 4.90 Å². The monoisotopic (exact) mass is 457 g/mol. The van der Waals surface area contributed by atoms with E-state index in [2.05, 4.69) is 0 Å². The average Bonchev–Trinajstić information content (AvgIpc) is 2.93. The number of para-hydroxylation sites is 1. The number of alkyl halides is 4. The number of anilines is 1. The van der Waals surface area contributed by atoms with E-state index < -0.39 is 37.7 Å². The van der Waals surface area contributed by atoms with Crippen molar-refractivity contribution in [1.82, 2.24) is 0 Å². The van der Waals surface area contributed by atoms with Crippen molar-refractivity contribution < 1.29 is 9.59 Å². The van der Waals surface area contributed by atoms with Gasteiger partial charge in [-0.2, -0.15) is 0 Å². The molecule has 2 amide bonds. The van der Waals surface area contributed by atoms with Gasteiger partial charge in [0.2, 0.25) is 11.8 Å². The Balaban J connectivity index is 1.94. The van der Waals surface area contributed by atoms with Gasteiger partial charge >= 0.3 is 0 Å². The molecule has 2 aliphatic carbocycles. The van der Waals surface area contributed by atoms with Crippen molar-refractivity contribution in [2.45, 2.75) is 21.0 Å². The molecule has 3 nitrogen and oxygen atoms in total. The number of rotatable bonds is 1. The van der Waals surface area contributed by atoms with Gasteiger partial charge in [-0.05, 0) is 18.6 Å². The van der Waals surface area contributed by atoms with Crippen molar-refractivity contribution in [2.24, 2.45) is 11.8 Å². The number of hydrogen-bond acceptors (Lipinski definition) is 2. The third kappa shape index (κ3) is 1.74. The fourth-order valence-electron chi connectivity index (χ4n) is 4.05. The molecule has 2 fully saturated rings. The fraction of sp³-hybridized carbons (Fsp3) is 0.375. The van der Waals surface area contributed by atoms with Gasteiger partial charge in [-0.1, -0.05) is 64.6 Å². The van der Waals surface area contributed by atoms with Crippen LogP contribution in [-0.2, 0) is 9.59 Å². The second-order valence-electron chi connectivity index (χ2n) is 6.38. The van der Waals surface area contributed by atoms with E-state index in [0.717, 1.165) is 10.5 Å². The molecule has 0 unspecified atom stereocenters. The summed E-state index contributed by atoms with van der Waals surface area (Å²) < 4.78 is -1.91. The number of amides is 2. The zero-order chi connectivity index (χ0) is 18.5. The van der Waals surface area contributed by atoms with Crippen molar-refractivity contribution >= 4 is 87.1 Å². The van der Waals surface area contributed by atoms with Gasteiger partial charge in [0, 0.05) is 0 Å². The SMILES string of the molecule is Cc1ccccc1N1C(=O)[C@@H]2[C@H](C1=O)[C@@]1(Cl)C(Cl)=C(Cl)[C@@]2(Cl)C1(Cl)Cl. The van der Waals surface area contributed by atoms with Gasteiger partial charge in [-0.3, -0.25) is 9.59 Å². The van der Waals surface area contributed by atoms with Crippen molar-refractivity contribution in [1.29, 1.82) is 0 Å². The molecule has 4 atom stereocenters. The molecule has 25 heavy (non-hydrogen) atoms. The number of fused-ring (bicyclic) bond motifs is 5. The Morgan fingerprint density at radius 2 is 1.32 bits per heavy atom. The van der Waals surface area contributed by atoms with Crippen LogP contribution in [0.4, 0.5) is 5.69 Å². The summed E-state index contributed by atoms with van der Waals surface area (Å²) in [5.41, 5.74) is 1.20. The normalized spacial score (nSPS) is 38.8. The minimum Gasteiger partial charge on any atom is -0.274 e. The number of hydrogen-bond donors (Lipinski definition) is 0. The largest absolute Gasteiger partial charge is 0.274 e. The van der Waals surface area contributed by atoms with E-state index in [1.807, 2.05) is 0 Å². The summed E-state index contributed by atoms with van der Waals surface area (Å²) in [6.45, 7) is 1.79. The molecule has 0 aromatic heterocycles. The summed E-state index contributed by atoms with van der Waals surface area (Å²) in [7, 11) is 0. The third-order valence-corrected chi connectivity index (χ3v) is 9.52. The maximum Gasteiger partial charge on any atom is 0.240 e. The van der Waals surface area contributed by atoms with Crippen LogP contribution in [0.25, 0.3) is 0 Å². The summed E-state index contributed by atoms with van der Waals surface area (Å²) in [4.78, 5) is 23.8. The maximum atomic E-state index is 13.1. The van der Waals surface area contributed by atoms with E-state index in [1.165, 1.54) is 0 Å². The van der Waals surface area contributed by atoms with Crippen LogP contribution in [0.1, 0.15) is 5.56 Å². The number of allylic oxidation sites excluding steroid dienone is 2. The van der Waals surface area contributed by atoms with Crippen molar-refractivity contribution in [3.8, 4) is 0 Å². The lowest BCUT2D eigenvalue weighted by Gasteiger charge is -2.34. The molecule has 0 spiro atoms. The van der Waals surface area contributed by atoms with Crippen LogP contribution in [0.2, 0.25) is 0 Å². The Hall–Kier alpha value is -0.160. The highest BCUT2D eigenvalue weighted by molar-refractivity contribution is 6.67. The molecule has 1 aromatic rings. The number of nitrogens with zero attached hydrogens (tertiary/aromatic N) is 1. The quantitative estimate of drug-likeness (QED) is 0.440. The van der Waals surface area contributed by atoms with Crippen molar-refractivity contribution in [3.63, 3.8) is 0 Å². The first kappa shape index (κ1) is 18.2. The topological polar surface area (TPSA) is 37.4 Å². The summed E-state index contributed by atoms with van der Waals surface area (Å²) in [5, 5.41) is -0.185. The first-order chi connectivity index (χ1) is 11.5.